The van der Waals surface area contributed by atoms with E-state index in [1.165, 1.54) is 13.0 Å². The minimum atomic E-state index is -0.829. The van der Waals surface area contributed by atoms with Gasteiger partial charge in [0, 0.05) is 31.1 Å². The molecule has 2 rings (SSSR count). The van der Waals surface area contributed by atoms with Crippen molar-refractivity contribution in [3.8, 4) is 0 Å². The van der Waals surface area contributed by atoms with Gasteiger partial charge in [-0.1, -0.05) is 6.07 Å². The van der Waals surface area contributed by atoms with E-state index in [0.717, 1.165) is 31.5 Å². The Bertz CT molecular complexity index is 574. The average Bonchev–Trinajstić information content (AvgIpc) is 2.47. The number of carbonyl (C=O) groups excluding carboxylic acids is 2. The van der Waals surface area contributed by atoms with E-state index < -0.39 is 17.7 Å². The molecule has 1 aromatic carbocycles. The molecule has 0 spiro atoms. The number of hydrogen-bond acceptors (Lipinski definition) is 3. The van der Waals surface area contributed by atoms with Crippen LogP contribution in [0.1, 0.15) is 37.8 Å². The zero-order valence-corrected chi connectivity index (χ0v) is 13.0. The van der Waals surface area contributed by atoms with Crippen molar-refractivity contribution in [2.45, 2.75) is 38.3 Å². The Labute approximate surface area is 133 Å². The summed E-state index contributed by atoms with van der Waals surface area (Å²) in [5.41, 5.74) is 0.0959. The molecule has 1 saturated heterocycles. The third kappa shape index (κ3) is 5.28. The quantitative estimate of drug-likeness (QED) is 0.766. The van der Waals surface area contributed by atoms with Crippen molar-refractivity contribution in [1.29, 1.82) is 0 Å². The molecule has 0 aromatic heterocycles. The molecule has 7 heteroatoms. The summed E-state index contributed by atoms with van der Waals surface area (Å²) in [5, 5.41) is 8.61. The van der Waals surface area contributed by atoms with Crippen LogP contribution in [0.25, 0.3) is 0 Å². The van der Waals surface area contributed by atoms with Crippen LogP contribution >= 0.6 is 0 Å². The number of carbonyl (C=O) groups is 2. The highest BCUT2D eigenvalue weighted by Gasteiger charge is 2.23. The van der Waals surface area contributed by atoms with Gasteiger partial charge >= 0.3 is 0 Å². The van der Waals surface area contributed by atoms with Crippen LogP contribution < -0.4 is 16.0 Å². The van der Waals surface area contributed by atoms with Gasteiger partial charge in [0.2, 0.25) is 11.8 Å². The standard InChI is InChI=1S/C16H21F2N3O2/c1-10(22)20-15(13-5-4-11(17)7-14(13)18)8-16(23)21-12-3-2-6-19-9-12/h4-5,7,12,15,19H,2-3,6,8-9H2,1H3,(H,20,22)(H,21,23)/t12-,15?/m0/s1. The summed E-state index contributed by atoms with van der Waals surface area (Å²) in [4.78, 5) is 23.5. The van der Waals surface area contributed by atoms with E-state index in [1.807, 2.05) is 0 Å². The Morgan fingerprint density at radius 3 is 2.78 bits per heavy atom. The Morgan fingerprint density at radius 2 is 2.17 bits per heavy atom. The fourth-order valence-electron chi connectivity index (χ4n) is 2.72. The monoisotopic (exact) mass is 325 g/mol. The number of halogens is 2. The lowest BCUT2D eigenvalue weighted by Gasteiger charge is -2.25. The van der Waals surface area contributed by atoms with Crippen molar-refractivity contribution in [3.63, 3.8) is 0 Å². The Hall–Kier alpha value is -2.02. The van der Waals surface area contributed by atoms with Crippen molar-refractivity contribution >= 4 is 11.8 Å². The van der Waals surface area contributed by atoms with E-state index in [2.05, 4.69) is 16.0 Å². The van der Waals surface area contributed by atoms with E-state index >= 15 is 0 Å². The van der Waals surface area contributed by atoms with Gasteiger partial charge in [-0.25, -0.2) is 8.78 Å². The second-order valence-corrected chi connectivity index (χ2v) is 5.73. The van der Waals surface area contributed by atoms with Gasteiger partial charge in [-0.2, -0.15) is 0 Å². The van der Waals surface area contributed by atoms with Crippen molar-refractivity contribution in [1.82, 2.24) is 16.0 Å². The molecular weight excluding hydrogens is 304 g/mol. The van der Waals surface area contributed by atoms with Crippen molar-refractivity contribution in [3.05, 3.63) is 35.4 Å². The predicted octanol–water partition coefficient (Wildman–Crippen LogP) is 1.40. The lowest BCUT2D eigenvalue weighted by molar-refractivity contribution is -0.123. The van der Waals surface area contributed by atoms with E-state index in [9.17, 15) is 18.4 Å². The zero-order chi connectivity index (χ0) is 16.8. The normalized spacial score (nSPS) is 19.0. The van der Waals surface area contributed by atoms with Crippen LogP contribution in [0.15, 0.2) is 18.2 Å². The largest absolute Gasteiger partial charge is 0.352 e. The lowest BCUT2D eigenvalue weighted by Crippen LogP contribution is -2.46. The maximum Gasteiger partial charge on any atom is 0.222 e. The highest BCUT2D eigenvalue weighted by atomic mass is 19.1. The van der Waals surface area contributed by atoms with E-state index in [1.54, 1.807) is 0 Å². The Kier molecular flexibility index (Phi) is 6.04. The van der Waals surface area contributed by atoms with Gasteiger partial charge in [0.1, 0.15) is 11.6 Å². The molecule has 1 aliphatic rings. The smallest absolute Gasteiger partial charge is 0.222 e. The topological polar surface area (TPSA) is 70.2 Å². The molecule has 1 unspecified atom stereocenters. The van der Waals surface area contributed by atoms with Gasteiger partial charge in [0.25, 0.3) is 0 Å². The van der Waals surface area contributed by atoms with Gasteiger partial charge in [-0.3, -0.25) is 9.59 Å². The average molecular weight is 325 g/mol. The van der Waals surface area contributed by atoms with Crippen LogP contribution in [0.5, 0.6) is 0 Å². The Morgan fingerprint density at radius 1 is 1.39 bits per heavy atom. The van der Waals surface area contributed by atoms with Gasteiger partial charge < -0.3 is 16.0 Å². The molecule has 1 fully saturated rings. The molecule has 1 heterocycles. The molecule has 0 radical (unpaired) electrons. The summed E-state index contributed by atoms with van der Waals surface area (Å²) in [6.45, 7) is 2.92. The van der Waals surface area contributed by atoms with Crippen LogP contribution in [0.3, 0.4) is 0 Å². The lowest BCUT2D eigenvalue weighted by atomic mass is 10.0. The van der Waals surface area contributed by atoms with Crippen LogP contribution in [0, 0.1) is 11.6 Å². The molecular formula is C16H21F2N3O2. The van der Waals surface area contributed by atoms with E-state index in [-0.39, 0.29) is 29.8 Å². The highest BCUT2D eigenvalue weighted by Crippen LogP contribution is 2.21. The first kappa shape index (κ1) is 17.3. The highest BCUT2D eigenvalue weighted by molar-refractivity contribution is 5.79. The third-order valence-corrected chi connectivity index (χ3v) is 3.77. The molecule has 0 aliphatic carbocycles. The molecule has 5 nitrogen and oxygen atoms in total. The van der Waals surface area contributed by atoms with Crippen molar-refractivity contribution in [2.75, 3.05) is 13.1 Å². The number of amides is 2. The summed E-state index contributed by atoms with van der Waals surface area (Å²) in [5.74, 6) is -2.14. The first-order chi connectivity index (χ1) is 11.0. The number of nitrogens with one attached hydrogen (secondary N) is 3. The maximum atomic E-state index is 13.9. The second-order valence-electron chi connectivity index (χ2n) is 5.73. The second kappa shape index (κ2) is 8.01. The van der Waals surface area contributed by atoms with Gasteiger partial charge in [0.15, 0.2) is 0 Å². The summed E-state index contributed by atoms with van der Waals surface area (Å²) >= 11 is 0. The summed E-state index contributed by atoms with van der Waals surface area (Å²) in [6.07, 6.45) is 1.76. The van der Waals surface area contributed by atoms with Crippen LogP contribution in [-0.4, -0.2) is 30.9 Å². The molecule has 2 amide bonds. The summed E-state index contributed by atoms with van der Waals surface area (Å²) < 4.78 is 27.0. The van der Waals surface area contributed by atoms with Crippen LogP contribution in [0.4, 0.5) is 8.78 Å². The molecule has 23 heavy (non-hydrogen) atoms. The fourth-order valence-corrected chi connectivity index (χ4v) is 2.72. The van der Waals surface area contributed by atoms with Gasteiger partial charge in [0.05, 0.1) is 12.5 Å². The van der Waals surface area contributed by atoms with Crippen LogP contribution in [0.2, 0.25) is 0 Å². The summed E-state index contributed by atoms with van der Waals surface area (Å²) in [7, 11) is 0. The van der Waals surface area contributed by atoms with Gasteiger partial charge in [-0.15, -0.1) is 0 Å². The van der Waals surface area contributed by atoms with E-state index in [4.69, 9.17) is 0 Å². The maximum absolute atomic E-state index is 13.9. The molecule has 0 bridgehead atoms. The molecule has 126 valence electrons. The molecule has 1 aromatic rings. The van der Waals surface area contributed by atoms with Crippen LogP contribution in [-0.2, 0) is 9.59 Å². The number of hydrogen-bond donors (Lipinski definition) is 3. The summed E-state index contributed by atoms with van der Waals surface area (Å²) in [6, 6.07) is 2.31. The number of rotatable bonds is 5. The SMILES string of the molecule is CC(=O)NC(CC(=O)N[C@H]1CCCNC1)c1ccc(F)cc1F. The molecule has 2 atom stereocenters. The molecule has 1 aliphatic heterocycles. The first-order valence-corrected chi connectivity index (χ1v) is 7.68. The van der Waals surface area contributed by atoms with Crippen molar-refractivity contribution < 1.29 is 18.4 Å². The van der Waals surface area contributed by atoms with Crippen molar-refractivity contribution in [2.24, 2.45) is 0 Å². The minimum absolute atomic E-state index is 0.0345. The number of piperidine rings is 1. The Balaban J connectivity index is 2.05. The molecule has 3 N–H and O–H groups in total. The van der Waals surface area contributed by atoms with E-state index in [0.29, 0.717) is 6.54 Å². The van der Waals surface area contributed by atoms with Gasteiger partial charge in [-0.05, 0) is 25.5 Å². The fraction of sp³-hybridized carbons (Fsp3) is 0.500. The first-order valence-electron chi connectivity index (χ1n) is 7.68. The zero-order valence-electron chi connectivity index (χ0n) is 13.0. The molecule has 0 saturated carbocycles. The predicted molar refractivity (Wildman–Crippen MR) is 81.6 cm³/mol. The number of benzene rings is 1. The minimum Gasteiger partial charge on any atom is -0.352 e. The third-order valence-electron chi connectivity index (χ3n) is 3.77.